The zero-order chi connectivity index (χ0) is 17.0. The fourth-order valence-corrected chi connectivity index (χ4v) is 5.05. The number of benzene rings is 2. The van der Waals surface area contributed by atoms with Crippen molar-refractivity contribution in [2.24, 2.45) is 0 Å². The van der Waals surface area contributed by atoms with Crippen LogP contribution in [0.3, 0.4) is 0 Å². The van der Waals surface area contributed by atoms with Crippen LogP contribution in [0.5, 0.6) is 0 Å². The Balaban J connectivity index is 1.56. The molecule has 3 rings (SSSR count). The van der Waals surface area contributed by atoms with E-state index in [1.165, 1.54) is 10.5 Å². The van der Waals surface area contributed by atoms with Crippen molar-refractivity contribution in [2.75, 3.05) is 26.2 Å². The molecule has 128 valence electrons. The summed E-state index contributed by atoms with van der Waals surface area (Å²) in [7, 11) is -3.23. The number of nitrogens with zero attached hydrogens (tertiary/aromatic N) is 1. The van der Waals surface area contributed by atoms with Crippen LogP contribution in [0.1, 0.15) is 11.1 Å². The minimum atomic E-state index is -3.23. The summed E-state index contributed by atoms with van der Waals surface area (Å²) in [4.78, 5) is 1.43. The van der Waals surface area contributed by atoms with E-state index in [1.807, 2.05) is 42.5 Å². The van der Waals surface area contributed by atoms with Gasteiger partial charge in [-0.2, -0.15) is 4.31 Å². The van der Waals surface area contributed by atoms with E-state index in [9.17, 15) is 8.42 Å². The molecule has 2 aromatic carbocycles. The Morgan fingerprint density at radius 2 is 1.62 bits per heavy atom. The predicted octanol–water partition coefficient (Wildman–Crippen LogP) is 1.68. The SMILES string of the molecule is O=S(=O)(Cc1ccccc1)N1CC[NH+](Cc2cccc(Br)c2)CC1. The van der Waals surface area contributed by atoms with Crippen molar-refractivity contribution < 1.29 is 13.3 Å². The molecule has 0 saturated carbocycles. The molecule has 0 aromatic heterocycles. The highest BCUT2D eigenvalue weighted by Crippen LogP contribution is 2.12. The quantitative estimate of drug-likeness (QED) is 0.815. The molecule has 1 heterocycles. The number of quaternary nitrogens is 1. The largest absolute Gasteiger partial charge is 0.329 e. The number of piperazine rings is 1. The Bertz CT molecular complexity index is 773. The summed E-state index contributed by atoms with van der Waals surface area (Å²) in [6.45, 7) is 3.82. The standard InChI is InChI=1S/C18H21BrN2O2S/c19-18-8-4-7-17(13-18)14-20-9-11-21(12-10-20)24(22,23)15-16-5-2-1-3-6-16/h1-8,13H,9-12,14-15H2/p+1. The number of rotatable bonds is 5. The third-order valence-corrected chi connectivity index (χ3v) is 6.70. The van der Waals surface area contributed by atoms with Crippen molar-refractivity contribution in [3.8, 4) is 0 Å². The molecule has 1 aliphatic rings. The van der Waals surface area contributed by atoms with E-state index in [0.29, 0.717) is 13.1 Å². The third kappa shape index (κ3) is 4.66. The van der Waals surface area contributed by atoms with Crippen molar-refractivity contribution in [2.45, 2.75) is 12.3 Å². The van der Waals surface area contributed by atoms with E-state index < -0.39 is 10.0 Å². The van der Waals surface area contributed by atoms with Crippen molar-refractivity contribution in [3.05, 3.63) is 70.2 Å². The summed E-state index contributed by atoms with van der Waals surface area (Å²) < 4.78 is 27.9. The first-order valence-corrected chi connectivity index (χ1v) is 10.5. The molecule has 1 fully saturated rings. The smallest absolute Gasteiger partial charge is 0.218 e. The van der Waals surface area contributed by atoms with Crippen LogP contribution in [0, 0.1) is 0 Å². The molecule has 0 amide bonds. The minimum absolute atomic E-state index is 0.0921. The molecule has 0 atom stereocenters. The molecule has 1 saturated heterocycles. The zero-order valence-electron chi connectivity index (χ0n) is 13.5. The number of halogens is 1. The molecule has 0 spiro atoms. The van der Waals surface area contributed by atoms with Gasteiger partial charge in [-0.05, 0) is 17.7 Å². The predicted molar refractivity (Wildman–Crippen MR) is 99.2 cm³/mol. The number of hydrogen-bond donors (Lipinski definition) is 1. The van der Waals surface area contributed by atoms with Crippen LogP contribution in [0.4, 0.5) is 0 Å². The normalized spacial score (nSPS) is 17.0. The first-order chi connectivity index (χ1) is 11.5. The lowest BCUT2D eigenvalue weighted by atomic mass is 10.2. The van der Waals surface area contributed by atoms with Gasteiger partial charge in [0.25, 0.3) is 0 Å². The van der Waals surface area contributed by atoms with E-state index in [-0.39, 0.29) is 5.75 Å². The van der Waals surface area contributed by atoms with Crippen LogP contribution in [0.2, 0.25) is 0 Å². The Hall–Kier alpha value is -1.21. The van der Waals surface area contributed by atoms with Gasteiger partial charge < -0.3 is 4.90 Å². The van der Waals surface area contributed by atoms with Crippen LogP contribution >= 0.6 is 15.9 Å². The molecular formula is C18H22BrN2O2S+. The molecule has 6 heteroatoms. The molecule has 24 heavy (non-hydrogen) atoms. The summed E-state index contributed by atoms with van der Waals surface area (Å²) in [5, 5.41) is 0. The van der Waals surface area contributed by atoms with Crippen LogP contribution in [-0.2, 0) is 22.3 Å². The van der Waals surface area contributed by atoms with E-state index in [0.717, 1.165) is 29.7 Å². The second-order valence-electron chi connectivity index (χ2n) is 6.20. The van der Waals surface area contributed by atoms with Crippen LogP contribution < -0.4 is 4.90 Å². The lowest BCUT2D eigenvalue weighted by Gasteiger charge is -2.31. The second-order valence-corrected chi connectivity index (χ2v) is 9.08. The van der Waals surface area contributed by atoms with Gasteiger partial charge in [-0.3, -0.25) is 0 Å². The van der Waals surface area contributed by atoms with Gasteiger partial charge in [0.15, 0.2) is 0 Å². The highest BCUT2D eigenvalue weighted by Gasteiger charge is 2.29. The van der Waals surface area contributed by atoms with E-state index in [4.69, 9.17) is 0 Å². The van der Waals surface area contributed by atoms with Crippen molar-refractivity contribution in [3.63, 3.8) is 0 Å². The molecule has 0 unspecified atom stereocenters. The molecule has 0 aliphatic carbocycles. The average molecular weight is 410 g/mol. The molecule has 4 nitrogen and oxygen atoms in total. The third-order valence-electron chi connectivity index (χ3n) is 4.36. The maximum absolute atomic E-state index is 12.6. The highest BCUT2D eigenvalue weighted by atomic mass is 79.9. The summed E-state index contributed by atoms with van der Waals surface area (Å²) in [6, 6.07) is 17.7. The van der Waals surface area contributed by atoms with Crippen LogP contribution in [-0.4, -0.2) is 38.9 Å². The molecule has 0 radical (unpaired) electrons. The summed E-state index contributed by atoms with van der Waals surface area (Å²) >= 11 is 3.50. The first-order valence-electron chi connectivity index (χ1n) is 8.13. The van der Waals surface area contributed by atoms with E-state index in [2.05, 4.69) is 28.1 Å². The summed E-state index contributed by atoms with van der Waals surface area (Å²) in [5.74, 6) is 0.0921. The fraction of sp³-hybridized carbons (Fsp3) is 0.333. The maximum Gasteiger partial charge on any atom is 0.218 e. The van der Waals surface area contributed by atoms with Gasteiger partial charge in [-0.1, -0.05) is 58.4 Å². The number of hydrogen-bond acceptors (Lipinski definition) is 2. The van der Waals surface area contributed by atoms with Gasteiger partial charge in [0.1, 0.15) is 6.54 Å². The second kappa shape index (κ2) is 7.78. The Morgan fingerprint density at radius 1 is 0.958 bits per heavy atom. The van der Waals surface area contributed by atoms with Crippen molar-refractivity contribution in [1.29, 1.82) is 0 Å². The molecular weight excluding hydrogens is 388 g/mol. The maximum atomic E-state index is 12.6. The van der Waals surface area contributed by atoms with Gasteiger partial charge in [0.2, 0.25) is 10.0 Å². The lowest BCUT2D eigenvalue weighted by molar-refractivity contribution is -0.917. The number of nitrogens with one attached hydrogen (secondary N) is 1. The van der Waals surface area contributed by atoms with Crippen LogP contribution in [0.15, 0.2) is 59.1 Å². The van der Waals surface area contributed by atoms with Gasteiger partial charge in [-0.25, -0.2) is 8.42 Å². The fourth-order valence-electron chi connectivity index (χ4n) is 3.07. The zero-order valence-corrected chi connectivity index (χ0v) is 15.9. The molecule has 2 aromatic rings. The Labute approximate surface area is 152 Å². The Kier molecular flexibility index (Phi) is 5.71. The van der Waals surface area contributed by atoms with Gasteiger partial charge in [-0.15, -0.1) is 0 Å². The molecule has 0 bridgehead atoms. The average Bonchev–Trinajstić information content (AvgIpc) is 2.56. The van der Waals surface area contributed by atoms with E-state index in [1.54, 1.807) is 4.31 Å². The summed E-state index contributed by atoms with van der Waals surface area (Å²) in [5.41, 5.74) is 2.13. The molecule has 1 N–H and O–H groups in total. The molecule has 1 aliphatic heterocycles. The van der Waals surface area contributed by atoms with Crippen LogP contribution in [0.25, 0.3) is 0 Å². The van der Waals surface area contributed by atoms with Gasteiger partial charge in [0.05, 0.1) is 31.9 Å². The van der Waals surface area contributed by atoms with Crippen molar-refractivity contribution >= 4 is 26.0 Å². The van der Waals surface area contributed by atoms with Gasteiger partial charge >= 0.3 is 0 Å². The lowest BCUT2D eigenvalue weighted by Crippen LogP contribution is -3.13. The number of sulfonamides is 1. The van der Waals surface area contributed by atoms with Crippen molar-refractivity contribution in [1.82, 2.24) is 4.31 Å². The highest BCUT2D eigenvalue weighted by molar-refractivity contribution is 9.10. The minimum Gasteiger partial charge on any atom is -0.329 e. The summed E-state index contributed by atoms with van der Waals surface area (Å²) in [6.07, 6.45) is 0. The van der Waals surface area contributed by atoms with Gasteiger partial charge in [0, 0.05) is 10.0 Å². The topological polar surface area (TPSA) is 41.8 Å². The van der Waals surface area contributed by atoms with E-state index >= 15 is 0 Å². The Morgan fingerprint density at radius 3 is 2.29 bits per heavy atom. The first kappa shape index (κ1) is 17.6. The monoisotopic (exact) mass is 409 g/mol.